The Hall–Kier alpha value is -0.710. The third kappa shape index (κ3) is 2.19. The van der Waals surface area contributed by atoms with E-state index in [2.05, 4.69) is 25.9 Å². The number of halogens is 4. The smallest absolute Gasteiger partial charge is 0.222 e. The van der Waals surface area contributed by atoms with E-state index in [1.807, 2.05) is 0 Å². The molecule has 1 aromatic carbocycles. The van der Waals surface area contributed by atoms with Crippen molar-refractivity contribution < 1.29 is 4.39 Å². The van der Waals surface area contributed by atoms with Crippen molar-refractivity contribution >= 4 is 39.1 Å². The Labute approximate surface area is 110 Å². The lowest BCUT2D eigenvalue weighted by Gasteiger charge is -2.05. The van der Waals surface area contributed by atoms with E-state index < -0.39 is 5.82 Å². The van der Waals surface area contributed by atoms with Gasteiger partial charge in [-0.3, -0.25) is 0 Å². The maximum absolute atomic E-state index is 13.8. The average molecular weight is 322 g/mol. The monoisotopic (exact) mass is 320 g/mol. The Morgan fingerprint density at radius 1 is 1.19 bits per heavy atom. The van der Waals surface area contributed by atoms with Crippen LogP contribution in [0.4, 0.5) is 4.39 Å². The minimum atomic E-state index is -0.536. The summed E-state index contributed by atoms with van der Waals surface area (Å²) in [5, 5.41) is 0.0863. The van der Waals surface area contributed by atoms with Gasteiger partial charge in [0.15, 0.2) is 5.82 Å². The van der Waals surface area contributed by atoms with E-state index in [1.165, 1.54) is 6.20 Å². The molecule has 2 rings (SSSR count). The summed E-state index contributed by atoms with van der Waals surface area (Å²) in [6, 6.07) is 4.79. The standard InChI is InChI=1S/C10H4BrCl2FN2/c11-6-2-1-5(9(14)8(6)12)7-3-4-15-10(13)16-7/h1-4H. The molecule has 0 atom stereocenters. The summed E-state index contributed by atoms with van der Waals surface area (Å²) in [4.78, 5) is 7.64. The van der Waals surface area contributed by atoms with E-state index in [0.717, 1.165) is 0 Å². The third-order valence-electron chi connectivity index (χ3n) is 1.94. The van der Waals surface area contributed by atoms with Crippen molar-refractivity contribution in [1.29, 1.82) is 0 Å². The van der Waals surface area contributed by atoms with Crippen molar-refractivity contribution in [2.75, 3.05) is 0 Å². The van der Waals surface area contributed by atoms with Crippen molar-refractivity contribution in [3.05, 3.63) is 45.0 Å². The van der Waals surface area contributed by atoms with Crippen LogP contribution in [0.3, 0.4) is 0 Å². The normalized spacial score (nSPS) is 10.5. The first-order valence-electron chi connectivity index (χ1n) is 4.22. The van der Waals surface area contributed by atoms with Crippen LogP contribution >= 0.6 is 39.1 Å². The zero-order valence-electron chi connectivity index (χ0n) is 7.72. The zero-order chi connectivity index (χ0) is 11.7. The summed E-state index contributed by atoms with van der Waals surface area (Å²) in [5.41, 5.74) is 0.685. The molecule has 16 heavy (non-hydrogen) atoms. The summed E-state index contributed by atoms with van der Waals surface area (Å²) in [7, 11) is 0. The first-order valence-corrected chi connectivity index (χ1v) is 5.77. The van der Waals surface area contributed by atoms with Gasteiger partial charge < -0.3 is 0 Å². The van der Waals surface area contributed by atoms with E-state index in [1.54, 1.807) is 18.2 Å². The lowest BCUT2D eigenvalue weighted by Crippen LogP contribution is -1.91. The molecule has 6 heteroatoms. The lowest BCUT2D eigenvalue weighted by atomic mass is 10.1. The van der Waals surface area contributed by atoms with Gasteiger partial charge in [0, 0.05) is 16.2 Å². The first kappa shape index (κ1) is 11.8. The molecule has 2 aromatic rings. The molecule has 2 nitrogen and oxygen atoms in total. The van der Waals surface area contributed by atoms with E-state index in [4.69, 9.17) is 23.2 Å². The Balaban J connectivity index is 2.61. The van der Waals surface area contributed by atoms with Gasteiger partial charge in [-0.15, -0.1) is 0 Å². The molecular formula is C10H4BrCl2FN2. The van der Waals surface area contributed by atoms with Crippen LogP contribution in [0.25, 0.3) is 11.3 Å². The molecular weight excluding hydrogens is 318 g/mol. The Bertz CT molecular complexity index is 548. The van der Waals surface area contributed by atoms with Crippen LogP contribution in [0.15, 0.2) is 28.9 Å². The minimum absolute atomic E-state index is 0.0206. The van der Waals surface area contributed by atoms with Gasteiger partial charge in [-0.05, 0) is 45.7 Å². The van der Waals surface area contributed by atoms with Crippen molar-refractivity contribution in [1.82, 2.24) is 9.97 Å². The van der Waals surface area contributed by atoms with Crippen molar-refractivity contribution in [3.63, 3.8) is 0 Å². The quantitative estimate of drug-likeness (QED) is 0.576. The van der Waals surface area contributed by atoms with Gasteiger partial charge in [-0.25, -0.2) is 14.4 Å². The van der Waals surface area contributed by atoms with Gasteiger partial charge in [-0.2, -0.15) is 0 Å². The highest BCUT2D eigenvalue weighted by molar-refractivity contribution is 9.10. The number of hydrogen-bond donors (Lipinski definition) is 0. The average Bonchev–Trinajstić information content (AvgIpc) is 2.26. The van der Waals surface area contributed by atoms with Crippen molar-refractivity contribution in [3.8, 4) is 11.3 Å². The summed E-state index contributed by atoms with van der Waals surface area (Å²) in [6.45, 7) is 0. The molecule has 0 aliphatic heterocycles. The van der Waals surface area contributed by atoms with Gasteiger partial charge in [0.1, 0.15) is 0 Å². The topological polar surface area (TPSA) is 25.8 Å². The van der Waals surface area contributed by atoms with Crippen LogP contribution in [0.2, 0.25) is 10.3 Å². The Kier molecular flexibility index (Phi) is 3.42. The fourth-order valence-corrected chi connectivity index (χ4v) is 1.83. The molecule has 0 saturated heterocycles. The lowest BCUT2D eigenvalue weighted by molar-refractivity contribution is 0.630. The predicted molar refractivity (Wildman–Crippen MR) is 65.1 cm³/mol. The number of aromatic nitrogens is 2. The minimum Gasteiger partial charge on any atom is -0.226 e. The van der Waals surface area contributed by atoms with Gasteiger partial charge in [0.2, 0.25) is 5.28 Å². The second-order valence-electron chi connectivity index (χ2n) is 2.93. The molecule has 0 unspecified atom stereocenters. The number of benzene rings is 1. The van der Waals surface area contributed by atoms with Gasteiger partial charge in [0.05, 0.1) is 10.7 Å². The molecule has 0 fully saturated rings. The Morgan fingerprint density at radius 2 is 1.94 bits per heavy atom. The number of nitrogens with zero attached hydrogens (tertiary/aromatic N) is 2. The fourth-order valence-electron chi connectivity index (χ4n) is 1.21. The molecule has 1 heterocycles. The molecule has 0 spiro atoms. The molecule has 82 valence electrons. The maximum Gasteiger partial charge on any atom is 0.222 e. The molecule has 0 saturated carbocycles. The predicted octanol–water partition coefficient (Wildman–Crippen LogP) is 4.35. The van der Waals surface area contributed by atoms with Gasteiger partial charge in [-0.1, -0.05) is 11.6 Å². The summed E-state index contributed by atoms with van der Waals surface area (Å²) < 4.78 is 14.3. The molecule has 1 aromatic heterocycles. The van der Waals surface area contributed by atoms with E-state index in [9.17, 15) is 4.39 Å². The molecule has 0 aliphatic rings. The zero-order valence-corrected chi connectivity index (χ0v) is 10.8. The molecule has 0 N–H and O–H groups in total. The van der Waals surface area contributed by atoms with E-state index in [0.29, 0.717) is 10.2 Å². The molecule has 0 radical (unpaired) electrons. The number of hydrogen-bond acceptors (Lipinski definition) is 2. The second kappa shape index (κ2) is 4.65. The van der Waals surface area contributed by atoms with Crippen LogP contribution in [0.5, 0.6) is 0 Å². The SMILES string of the molecule is Fc1c(-c2ccnc(Cl)n2)ccc(Br)c1Cl. The number of rotatable bonds is 1. The molecule has 0 amide bonds. The summed E-state index contributed by atoms with van der Waals surface area (Å²) in [5.74, 6) is -0.536. The van der Waals surface area contributed by atoms with Crippen molar-refractivity contribution in [2.24, 2.45) is 0 Å². The van der Waals surface area contributed by atoms with Crippen LogP contribution in [0.1, 0.15) is 0 Å². The third-order valence-corrected chi connectivity index (χ3v) is 3.38. The van der Waals surface area contributed by atoms with Crippen LogP contribution in [-0.2, 0) is 0 Å². The van der Waals surface area contributed by atoms with Crippen LogP contribution in [0, 0.1) is 5.82 Å². The van der Waals surface area contributed by atoms with E-state index >= 15 is 0 Å². The largest absolute Gasteiger partial charge is 0.226 e. The van der Waals surface area contributed by atoms with Gasteiger partial charge >= 0.3 is 0 Å². The van der Waals surface area contributed by atoms with Gasteiger partial charge in [0.25, 0.3) is 0 Å². The highest BCUT2D eigenvalue weighted by Gasteiger charge is 2.13. The molecule has 0 bridgehead atoms. The second-order valence-corrected chi connectivity index (χ2v) is 4.50. The summed E-state index contributed by atoms with van der Waals surface area (Å²) >= 11 is 14.5. The maximum atomic E-state index is 13.8. The van der Waals surface area contributed by atoms with Crippen molar-refractivity contribution in [2.45, 2.75) is 0 Å². The summed E-state index contributed by atoms with van der Waals surface area (Å²) in [6.07, 6.45) is 1.46. The first-order chi connectivity index (χ1) is 7.59. The van der Waals surface area contributed by atoms with E-state index in [-0.39, 0.29) is 15.9 Å². The van der Waals surface area contributed by atoms with Crippen LogP contribution < -0.4 is 0 Å². The van der Waals surface area contributed by atoms with Crippen LogP contribution in [-0.4, -0.2) is 9.97 Å². The molecule has 0 aliphatic carbocycles. The Morgan fingerprint density at radius 3 is 2.62 bits per heavy atom. The fraction of sp³-hybridized carbons (Fsp3) is 0. The highest BCUT2D eigenvalue weighted by Crippen LogP contribution is 2.32. The highest BCUT2D eigenvalue weighted by atomic mass is 79.9.